The molecular weight excluding hydrogens is 170 g/mol. The number of thiophene rings is 1. The molecular formula is C9H13NOS. The lowest BCUT2D eigenvalue weighted by Gasteiger charge is -2.05. The van der Waals surface area contributed by atoms with Crippen molar-refractivity contribution >= 4 is 11.3 Å². The Morgan fingerprint density at radius 3 is 3.08 bits per heavy atom. The predicted molar refractivity (Wildman–Crippen MR) is 50.8 cm³/mol. The van der Waals surface area contributed by atoms with Crippen LogP contribution in [0.4, 0.5) is 0 Å². The van der Waals surface area contributed by atoms with Crippen LogP contribution in [0.1, 0.15) is 23.8 Å². The summed E-state index contributed by atoms with van der Waals surface area (Å²) >= 11 is 1.75. The summed E-state index contributed by atoms with van der Waals surface area (Å²) in [4.78, 5) is 1.41. The zero-order valence-electron chi connectivity index (χ0n) is 7.17. The van der Waals surface area contributed by atoms with E-state index in [1.165, 1.54) is 17.7 Å². The van der Waals surface area contributed by atoms with Crippen molar-refractivity contribution < 1.29 is 4.74 Å². The lowest BCUT2D eigenvalue weighted by atomic mass is 10.2. The number of ether oxygens (including phenoxy) is 1. The number of rotatable bonds is 2. The molecule has 1 aromatic heterocycles. The van der Waals surface area contributed by atoms with Gasteiger partial charge in [-0.2, -0.15) is 0 Å². The first-order chi connectivity index (χ1) is 5.90. The lowest BCUT2D eigenvalue weighted by molar-refractivity contribution is 0.427. The van der Waals surface area contributed by atoms with Crippen LogP contribution in [0.15, 0.2) is 12.1 Å². The molecule has 1 aromatic rings. The first-order valence-corrected chi connectivity index (χ1v) is 5.09. The second kappa shape index (κ2) is 3.46. The molecule has 0 radical (unpaired) electrons. The summed E-state index contributed by atoms with van der Waals surface area (Å²) in [6, 6.07) is 4.78. The zero-order valence-corrected chi connectivity index (χ0v) is 7.99. The van der Waals surface area contributed by atoms with E-state index in [0.29, 0.717) is 6.04 Å². The fourth-order valence-electron chi connectivity index (χ4n) is 1.56. The van der Waals surface area contributed by atoms with Gasteiger partial charge in [-0.25, -0.2) is 0 Å². The normalized spacial score (nSPS) is 22.9. The number of hydrogen-bond donors (Lipinski definition) is 1. The Morgan fingerprint density at radius 1 is 1.58 bits per heavy atom. The second-order valence-corrected chi connectivity index (χ2v) is 4.09. The van der Waals surface area contributed by atoms with Gasteiger partial charge in [0.25, 0.3) is 0 Å². The standard InChI is InChI=1S/C9H13NOS/c1-11-9-5-4-8(12-9)7-3-2-6-10-7/h4-5,7,10H,2-3,6H2,1H3/t7-/m1/s1. The minimum absolute atomic E-state index is 0.582. The molecule has 0 saturated carbocycles. The Labute approximate surface area is 76.6 Å². The van der Waals surface area contributed by atoms with Gasteiger partial charge in [0.2, 0.25) is 0 Å². The summed E-state index contributed by atoms with van der Waals surface area (Å²) in [5.41, 5.74) is 0. The highest BCUT2D eigenvalue weighted by atomic mass is 32.1. The van der Waals surface area contributed by atoms with Gasteiger partial charge in [-0.05, 0) is 31.5 Å². The van der Waals surface area contributed by atoms with E-state index in [-0.39, 0.29) is 0 Å². The van der Waals surface area contributed by atoms with Crippen LogP contribution in [0.3, 0.4) is 0 Å². The van der Waals surface area contributed by atoms with Crippen LogP contribution in [0.2, 0.25) is 0 Å². The van der Waals surface area contributed by atoms with Crippen molar-refractivity contribution in [2.75, 3.05) is 13.7 Å². The van der Waals surface area contributed by atoms with Gasteiger partial charge in [0.05, 0.1) is 7.11 Å². The summed E-state index contributed by atoms with van der Waals surface area (Å²) < 4.78 is 5.15. The average Bonchev–Trinajstić information content (AvgIpc) is 2.75. The van der Waals surface area contributed by atoms with E-state index in [1.54, 1.807) is 18.4 Å². The SMILES string of the molecule is COc1ccc([C@H]2CCCN2)s1. The van der Waals surface area contributed by atoms with Gasteiger partial charge in [-0.15, -0.1) is 11.3 Å². The molecule has 0 aliphatic carbocycles. The van der Waals surface area contributed by atoms with Gasteiger partial charge in [0, 0.05) is 10.9 Å². The first-order valence-electron chi connectivity index (χ1n) is 4.27. The third-order valence-corrected chi connectivity index (χ3v) is 3.37. The highest BCUT2D eigenvalue weighted by Gasteiger charge is 2.17. The maximum atomic E-state index is 5.15. The molecule has 0 aromatic carbocycles. The minimum atomic E-state index is 0.582. The monoisotopic (exact) mass is 183 g/mol. The summed E-state index contributed by atoms with van der Waals surface area (Å²) in [6.07, 6.45) is 2.56. The van der Waals surface area contributed by atoms with Gasteiger partial charge in [0.1, 0.15) is 0 Å². The van der Waals surface area contributed by atoms with E-state index in [1.807, 2.05) is 6.07 Å². The molecule has 2 heterocycles. The van der Waals surface area contributed by atoms with E-state index in [0.717, 1.165) is 11.6 Å². The van der Waals surface area contributed by atoms with Crippen molar-refractivity contribution in [3.63, 3.8) is 0 Å². The van der Waals surface area contributed by atoms with Crippen molar-refractivity contribution in [2.24, 2.45) is 0 Å². The molecule has 1 aliphatic rings. The first kappa shape index (κ1) is 8.08. The highest BCUT2D eigenvalue weighted by molar-refractivity contribution is 7.13. The summed E-state index contributed by atoms with van der Waals surface area (Å²) in [5, 5.41) is 4.48. The Balaban J connectivity index is 2.11. The topological polar surface area (TPSA) is 21.3 Å². The molecule has 3 heteroatoms. The van der Waals surface area contributed by atoms with Gasteiger partial charge in [-0.1, -0.05) is 0 Å². The maximum Gasteiger partial charge on any atom is 0.173 e. The van der Waals surface area contributed by atoms with Crippen LogP contribution in [0.25, 0.3) is 0 Å². The quantitative estimate of drug-likeness (QED) is 0.758. The minimum Gasteiger partial charge on any atom is -0.487 e. The molecule has 1 saturated heterocycles. The third-order valence-electron chi connectivity index (χ3n) is 2.21. The van der Waals surface area contributed by atoms with Crippen molar-refractivity contribution in [3.05, 3.63) is 17.0 Å². The summed E-state index contributed by atoms with van der Waals surface area (Å²) in [5.74, 6) is 0. The van der Waals surface area contributed by atoms with Crippen LogP contribution >= 0.6 is 11.3 Å². The van der Waals surface area contributed by atoms with E-state index in [9.17, 15) is 0 Å². The maximum absolute atomic E-state index is 5.15. The van der Waals surface area contributed by atoms with E-state index in [4.69, 9.17) is 4.74 Å². The molecule has 2 rings (SSSR count). The van der Waals surface area contributed by atoms with Gasteiger partial charge in [-0.3, -0.25) is 0 Å². The van der Waals surface area contributed by atoms with Crippen molar-refractivity contribution in [3.8, 4) is 5.06 Å². The summed E-state index contributed by atoms with van der Waals surface area (Å²) in [7, 11) is 1.72. The smallest absolute Gasteiger partial charge is 0.173 e. The fourth-order valence-corrected chi connectivity index (χ4v) is 2.49. The predicted octanol–water partition coefficient (Wildman–Crippen LogP) is 2.18. The third kappa shape index (κ3) is 1.47. The molecule has 1 atom stereocenters. The Kier molecular flexibility index (Phi) is 2.33. The highest BCUT2D eigenvalue weighted by Crippen LogP contribution is 2.32. The van der Waals surface area contributed by atoms with Crippen molar-refractivity contribution in [1.29, 1.82) is 0 Å². The molecule has 0 amide bonds. The van der Waals surface area contributed by atoms with Crippen molar-refractivity contribution in [1.82, 2.24) is 5.32 Å². The number of hydrogen-bond acceptors (Lipinski definition) is 3. The molecule has 2 nitrogen and oxygen atoms in total. The Morgan fingerprint density at radius 2 is 2.50 bits per heavy atom. The largest absolute Gasteiger partial charge is 0.487 e. The van der Waals surface area contributed by atoms with Crippen LogP contribution in [-0.4, -0.2) is 13.7 Å². The van der Waals surface area contributed by atoms with Gasteiger partial charge < -0.3 is 10.1 Å². The van der Waals surface area contributed by atoms with Crippen LogP contribution in [0.5, 0.6) is 5.06 Å². The number of nitrogens with one attached hydrogen (secondary N) is 1. The van der Waals surface area contributed by atoms with E-state index >= 15 is 0 Å². The van der Waals surface area contributed by atoms with Crippen LogP contribution in [-0.2, 0) is 0 Å². The Hall–Kier alpha value is -0.540. The van der Waals surface area contributed by atoms with Crippen molar-refractivity contribution in [2.45, 2.75) is 18.9 Å². The lowest BCUT2D eigenvalue weighted by Crippen LogP contribution is -2.11. The molecule has 0 unspecified atom stereocenters. The second-order valence-electron chi connectivity index (χ2n) is 3.01. The number of methoxy groups -OCH3 is 1. The fraction of sp³-hybridized carbons (Fsp3) is 0.556. The van der Waals surface area contributed by atoms with Gasteiger partial charge >= 0.3 is 0 Å². The molecule has 12 heavy (non-hydrogen) atoms. The zero-order chi connectivity index (χ0) is 8.39. The molecule has 66 valence electrons. The van der Waals surface area contributed by atoms with Gasteiger partial charge in [0.15, 0.2) is 5.06 Å². The molecule has 1 aliphatic heterocycles. The average molecular weight is 183 g/mol. The molecule has 0 bridgehead atoms. The molecule has 1 N–H and O–H groups in total. The summed E-state index contributed by atoms with van der Waals surface area (Å²) in [6.45, 7) is 1.16. The van der Waals surface area contributed by atoms with Crippen LogP contribution in [0, 0.1) is 0 Å². The van der Waals surface area contributed by atoms with Crippen LogP contribution < -0.4 is 10.1 Å². The Bertz CT molecular complexity index is 253. The molecule has 1 fully saturated rings. The molecule has 0 spiro atoms. The van der Waals surface area contributed by atoms with E-state index in [2.05, 4.69) is 11.4 Å². The van der Waals surface area contributed by atoms with E-state index < -0.39 is 0 Å².